The quantitative estimate of drug-likeness (QED) is 0.778. The van der Waals surface area contributed by atoms with Gasteiger partial charge in [0.2, 0.25) is 5.91 Å². The summed E-state index contributed by atoms with van der Waals surface area (Å²) in [5, 5.41) is 5.88. The van der Waals surface area contributed by atoms with Crippen LogP contribution in [0.1, 0.15) is 34.6 Å². The molecule has 1 aromatic heterocycles. The highest BCUT2D eigenvalue weighted by molar-refractivity contribution is 6.36. The number of rotatable bonds is 5. The molecule has 2 amide bonds. The first-order valence-corrected chi connectivity index (χ1v) is 9.09. The number of fused-ring (bicyclic) bond motifs is 1. The Balaban J connectivity index is 2.17. The Kier molecular flexibility index (Phi) is 6.56. The number of ether oxygens (including phenoxy) is 2. The largest absolute Gasteiger partial charge is 0.464 e. The van der Waals surface area contributed by atoms with Crippen LogP contribution >= 0.6 is 11.6 Å². The number of alkyl carbamates (subject to hydrolysis) is 1. The van der Waals surface area contributed by atoms with Crippen LogP contribution in [0.2, 0.25) is 5.02 Å². The summed E-state index contributed by atoms with van der Waals surface area (Å²) in [5.41, 5.74) is -0.964. The molecule has 2 rings (SSSR count). The lowest BCUT2D eigenvalue weighted by atomic mass is 10.1. The van der Waals surface area contributed by atoms with E-state index in [0.29, 0.717) is 17.7 Å². The fourth-order valence-electron chi connectivity index (χ4n) is 2.30. The minimum Gasteiger partial charge on any atom is -0.464 e. The van der Waals surface area contributed by atoms with Crippen molar-refractivity contribution in [2.24, 2.45) is 0 Å². The van der Waals surface area contributed by atoms with Gasteiger partial charge in [-0.15, -0.1) is 0 Å². The van der Waals surface area contributed by atoms with Gasteiger partial charge < -0.3 is 24.5 Å². The molecule has 9 heteroatoms. The molecular formula is C19H23ClN2O6. The Hall–Kier alpha value is -2.74. The summed E-state index contributed by atoms with van der Waals surface area (Å²) in [4.78, 5) is 36.3. The number of anilines is 1. The van der Waals surface area contributed by atoms with Gasteiger partial charge in [0.25, 0.3) is 0 Å². The molecule has 1 aromatic carbocycles. The molecule has 152 valence electrons. The molecule has 8 nitrogen and oxygen atoms in total. The first-order valence-electron chi connectivity index (χ1n) is 8.71. The molecule has 0 saturated heterocycles. The van der Waals surface area contributed by atoms with Crippen LogP contribution in [0, 0.1) is 0 Å². The lowest BCUT2D eigenvalue weighted by molar-refractivity contribution is -0.117. The average Bonchev–Trinajstić information content (AvgIpc) is 2.57. The van der Waals surface area contributed by atoms with E-state index < -0.39 is 29.3 Å². The van der Waals surface area contributed by atoms with E-state index in [4.69, 9.17) is 25.5 Å². The summed E-state index contributed by atoms with van der Waals surface area (Å²) in [6.07, 6.45) is -0.704. The zero-order valence-electron chi connectivity index (χ0n) is 16.3. The summed E-state index contributed by atoms with van der Waals surface area (Å²) in [6, 6.07) is 3.76. The first kappa shape index (κ1) is 21.6. The molecule has 2 N–H and O–H groups in total. The van der Waals surface area contributed by atoms with Crippen LogP contribution in [0.15, 0.2) is 27.4 Å². The zero-order chi connectivity index (χ0) is 21.1. The zero-order valence-corrected chi connectivity index (χ0v) is 17.1. The summed E-state index contributed by atoms with van der Waals surface area (Å²) < 4.78 is 15.4. The monoisotopic (exact) mass is 410 g/mol. The van der Waals surface area contributed by atoms with E-state index in [-0.39, 0.29) is 16.4 Å². The SMILES string of the molecule is CCOc1oc(=O)c2cc(NC(=O)[C@H](C)NC(=O)OC(C)(C)C)ccc2c1Cl. The van der Waals surface area contributed by atoms with E-state index in [1.165, 1.54) is 13.0 Å². The second kappa shape index (κ2) is 8.52. The Morgan fingerprint density at radius 2 is 1.93 bits per heavy atom. The minimum atomic E-state index is -0.856. The van der Waals surface area contributed by atoms with Crippen molar-refractivity contribution in [2.75, 3.05) is 11.9 Å². The Labute approximate surface area is 167 Å². The Bertz CT molecular complexity index is 948. The smallest absolute Gasteiger partial charge is 0.408 e. The Morgan fingerprint density at radius 3 is 2.54 bits per heavy atom. The molecule has 0 bridgehead atoms. The lowest BCUT2D eigenvalue weighted by Crippen LogP contribution is -2.43. The molecular weight excluding hydrogens is 388 g/mol. The summed E-state index contributed by atoms with van der Waals surface area (Å²) in [5.74, 6) is -0.528. The normalized spacial score (nSPS) is 12.4. The highest BCUT2D eigenvalue weighted by Crippen LogP contribution is 2.31. The molecule has 0 aliphatic carbocycles. The molecule has 0 fully saturated rings. The number of hydrogen-bond donors (Lipinski definition) is 2. The van der Waals surface area contributed by atoms with Gasteiger partial charge in [0.1, 0.15) is 16.7 Å². The topological polar surface area (TPSA) is 107 Å². The maximum Gasteiger partial charge on any atom is 0.408 e. The molecule has 0 aliphatic rings. The molecule has 0 radical (unpaired) electrons. The van der Waals surface area contributed by atoms with E-state index >= 15 is 0 Å². The van der Waals surface area contributed by atoms with Crippen molar-refractivity contribution >= 4 is 40.1 Å². The number of carbonyl (C=O) groups is 2. The van der Waals surface area contributed by atoms with Crippen molar-refractivity contribution in [3.05, 3.63) is 33.6 Å². The summed E-state index contributed by atoms with van der Waals surface area (Å²) in [6.45, 7) is 8.72. The summed E-state index contributed by atoms with van der Waals surface area (Å²) >= 11 is 6.20. The fraction of sp³-hybridized carbons (Fsp3) is 0.421. The van der Waals surface area contributed by atoms with Gasteiger partial charge in [0, 0.05) is 11.1 Å². The van der Waals surface area contributed by atoms with Gasteiger partial charge in [-0.2, -0.15) is 0 Å². The van der Waals surface area contributed by atoms with Crippen LogP contribution in [0.4, 0.5) is 10.5 Å². The van der Waals surface area contributed by atoms with Crippen LogP contribution in [0.5, 0.6) is 5.95 Å². The summed E-state index contributed by atoms with van der Waals surface area (Å²) in [7, 11) is 0. The van der Waals surface area contributed by atoms with E-state index in [2.05, 4.69) is 10.6 Å². The molecule has 2 aromatic rings. The van der Waals surface area contributed by atoms with Crippen LogP contribution in [0.25, 0.3) is 10.8 Å². The van der Waals surface area contributed by atoms with E-state index in [0.717, 1.165) is 0 Å². The van der Waals surface area contributed by atoms with Crippen molar-refractivity contribution in [3.63, 3.8) is 0 Å². The van der Waals surface area contributed by atoms with E-state index in [1.54, 1.807) is 39.8 Å². The third-order valence-corrected chi connectivity index (χ3v) is 3.87. The Morgan fingerprint density at radius 1 is 1.25 bits per heavy atom. The lowest BCUT2D eigenvalue weighted by Gasteiger charge is -2.21. The van der Waals surface area contributed by atoms with Crippen molar-refractivity contribution in [2.45, 2.75) is 46.3 Å². The second-order valence-corrected chi connectivity index (χ2v) is 7.42. The standard InChI is InChI=1S/C19H23ClN2O6/c1-6-26-17-14(20)12-8-7-11(9-13(12)16(24)27-17)22-15(23)10(2)21-18(25)28-19(3,4)5/h7-10H,6H2,1-5H3,(H,21,25)(H,22,23)/t10-/m0/s1. The van der Waals surface area contributed by atoms with Gasteiger partial charge in [0.05, 0.1) is 12.0 Å². The van der Waals surface area contributed by atoms with Crippen LogP contribution in [0.3, 0.4) is 0 Å². The van der Waals surface area contributed by atoms with Crippen LogP contribution in [-0.2, 0) is 9.53 Å². The van der Waals surface area contributed by atoms with Gasteiger partial charge in [-0.25, -0.2) is 9.59 Å². The number of amides is 2. The predicted octanol–water partition coefficient (Wildman–Crippen LogP) is 3.70. The van der Waals surface area contributed by atoms with E-state index in [1.807, 2.05) is 0 Å². The number of benzene rings is 1. The third kappa shape index (κ3) is 5.39. The molecule has 1 atom stereocenters. The molecule has 0 aliphatic heterocycles. The van der Waals surface area contributed by atoms with Gasteiger partial charge in [-0.3, -0.25) is 4.79 Å². The molecule has 0 saturated carbocycles. The van der Waals surface area contributed by atoms with Crippen molar-refractivity contribution < 1.29 is 23.5 Å². The van der Waals surface area contributed by atoms with Crippen LogP contribution < -0.4 is 21.0 Å². The first-order chi connectivity index (χ1) is 13.0. The number of carbonyl (C=O) groups excluding carboxylic acids is 2. The van der Waals surface area contributed by atoms with Gasteiger partial charge >= 0.3 is 17.7 Å². The molecule has 0 unspecified atom stereocenters. The van der Waals surface area contributed by atoms with Crippen molar-refractivity contribution in [1.29, 1.82) is 0 Å². The second-order valence-electron chi connectivity index (χ2n) is 7.04. The maximum atomic E-state index is 12.3. The molecule has 1 heterocycles. The maximum absolute atomic E-state index is 12.3. The van der Waals surface area contributed by atoms with Crippen molar-refractivity contribution in [3.8, 4) is 5.95 Å². The van der Waals surface area contributed by atoms with Crippen molar-refractivity contribution in [1.82, 2.24) is 5.32 Å². The molecule has 0 spiro atoms. The number of hydrogen-bond acceptors (Lipinski definition) is 6. The van der Waals surface area contributed by atoms with Gasteiger partial charge in [-0.05, 0) is 46.8 Å². The van der Waals surface area contributed by atoms with Crippen LogP contribution in [-0.4, -0.2) is 30.3 Å². The highest BCUT2D eigenvalue weighted by atomic mass is 35.5. The van der Waals surface area contributed by atoms with Gasteiger partial charge in [0.15, 0.2) is 0 Å². The van der Waals surface area contributed by atoms with E-state index in [9.17, 15) is 14.4 Å². The third-order valence-electron chi connectivity index (χ3n) is 3.51. The molecule has 28 heavy (non-hydrogen) atoms. The predicted molar refractivity (Wildman–Crippen MR) is 106 cm³/mol. The number of halogens is 1. The average molecular weight is 411 g/mol. The highest BCUT2D eigenvalue weighted by Gasteiger charge is 2.21. The number of nitrogens with one attached hydrogen (secondary N) is 2. The minimum absolute atomic E-state index is 0.0476. The fourth-order valence-corrected chi connectivity index (χ4v) is 2.56. The van der Waals surface area contributed by atoms with Gasteiger partial charge in [-0.1, -0.05) is 17.7 Å².